The molecule has 4 aliphatic heterocycles. The van der Waals surface area contributed by atoms with Crippen LogP contribution in [0, 0.1) is 5.92 Å². The molecule has 3 N–H and O–H groups in total. The second kappa shape index (κ2) is 6.67. The van der Waals surface area contributed by atoms with Gasteiger partial charge < -0.3 is 10.6 Å². The number of carbonyl (C=O) groups excluding carboxylic acids is 3. The van der Waals surface area contributed by atoms with Crippen LogP contribution in [0.25, 0.3) is 0 Å². The first-order valence-electron chi connectivity index (χ1n) is 10.3. The van der Waals surface area contributed by atoms with Crippen molar-refractivity contribution in [3.8, 4) is 0 Å². The average molecular weight is 382 g/mol. The molecule has 7 nitrogen and oxygen atoms in total. The normalized spacial score (nSPS) is 32.2. The van der Waals surface area contributed by atoms with E-state index in [9.17, 15) is 14.4 Å². The lowest BCUT2D eigenvalue weighted by Crippen LogP contribution is -2.52. The quantitative estimate of drug-likeness (QED) is 0.750. The van der Waals surface area contributed by atoms with Crippen molar-refractivity contribution in [2.45, 2.75) is 63.3 Å². The van der Waals surface area contributed by atoms with E-state index in [1.807, 2.05) is 12.1 Å². The zero-order valence-electron chi connectivity index (χ0n) is 15.9. The van der Waals surface area contributed by atoms with Gasteiger partial charge in [-0.2, -0.15) is 0 Å². The number of rotatable bonds is 4. The summed E-state index contributed by atoms with van der Waals surface area (Å²) in [5.41, 5.74) is 8.82. The van der Waals surface area contributed by atoms with Crippen LogP contribution in [0.4, 0.5) is 0 Å². The molecule has 0 aromatic heterocycles. The van der Waals surface area contributed by atoms with E-state index in [0.29, 0.717) is 36.5 Å². The van der Waals surface area contributed by atoms with E-state index in [1.165, 1.54) is 24.8 Å². The van der Waals surface area contributed by atoms with Crippen LogP contribution in [-0.4, -0.2) is 52.2 Å². The third-order valence-corrected chi connectivity index (χ3v) is 7.07. The van der Waals surface area contributed by atoms with Gasteiger partial charge in [-0.1, -0.05) is 12.1 Å². The minimum atomic E-state index is -0.555. The molecule has 7 heteroatoms. The maximum absolute atomic E-state index is 12.8. The number of fused-ring (bicyclic) bond motifs is 3. The number of piperidine rings is 1. The number of hydrogen-bond acceptors (Lipinski definition) is 5. The van der Waals surface area contributed by atoms with Crippen molar-refractivity contribution >= 4 is 17.7 Å². The molecule has 4 atom stereocenters. The van der Waals surface area contributed by atoms with Gasteiger partial charge in [0.2, 0.25) is 11.8 Å². The van der Waals surface area contributed by atoms with Crippen molar-refractivity contribution in [1.82, 2.24) is 15.1 Å². The number of nitrogens with two attached hydrogens (primary N) is 1. The second-order valence-electron chi connectivity index (χ2n) is 8.59. The summed E-state index contributed by atoms with van der Waals surface area (Å²) in [5, 5.41) is 2.35. The predicted molar refractivity (Wildman–Crippen MR) is 102 cm³/mol. The van der Waals surface area contributed by atoms with Crippen LogP contribution < -0.4 is 11.1 Å². The van der Waals surface area contributed by atoms with Crippen molar-refractivity contribution < 1.29 is 14.4 Å². The highest BCUT2D eigenvalue weighted by Crippen LogP contribution is 2.42. The van der Waals surface area contributed by atoms with Gasteiger partial charge >= 0.3 is 0 Å². The van der Waals surface area contributed by atoms with E-state index < -0.39 is 6.04 Å². The fourth-order valence-corrected chi connectivity index (χ4v) is 5.67. The Morgan fingerprint density at radius 3 is 2.75 bits per heavy atom. The lowest BCUT2D eigenvalue weighted by molar-refractivity contribution is -0.136. The summed E-state index contributed by atoms with van der Waals surface area (Å²) >= 11 is 0. The summed E-state index contributed by atoms with van der Waals surface area (Å²) in [6.07, 6.45) is 4.37. The van der Waals surface area contributed by atoms with E-state index in [2.05, 4.69) is 16.3 Å². The molecule has 5 rings (SSSR count). The second-order valence-corrected chi connectivity index (χ2v) is 8.59. The lowest BCUT2D eigenvalue weighted by Gasteiger charge is -2.29. The third kappa shape index (κ3) is 2.76. The summed E-state index contributed by atoms with van der Waals surface area (Å²) in [7, 11) is 0. The Bertz CT molecular complexity index is 854. The average Bonchev–Trinajstić information content (AvgIpc) is 3.33. The van der Waals surface area contributed by atoms with Crippen LogP contribution in [0.1, 0.15) is 53.6 Å². The van der Waals surface area contributed by atoms with Gasteiger partial charge in [-0.15, -0.1) is 0 Å². The molecule has 3 amide bonds. The summed E-state index contributed by atoms with van der Waals surface area (Å²) in [5.74, 6) is -0.124. The number of nitrogens with one attached hydrogen (secondary N) is 1. The van der Waals surface area contributed by atoms with Gasteiger partial charge in [-0.3, -0.25) is 24.6 Å². The molecule has 0 radical (unpaired) electrons. The zero-order chi connectivity index (χ0) is 19.4. The van der Waals surface area contributed by atoms with Gasteiger partial charge in [0.05, 0.1) is 0 Å². The smallest absolute Gasteiger partial charge is 0.255 e. The van der Waals surface area contributed by atoms with Crippen molar-refractivity contribution in [3.63, 3.8) is 0 Å². The van der Waals surface area contributed by atoms with E-state index in [-0.39, 0.29) is 24.1 Å². The predicted octanol–water partition coefficient (Wildman–Crippen LogP) is 0.759. The zero-order valence-corrected chi connectivity index (χ0v) is 15.9. The van der Waals surface area contributed by atoms with Crippen LogP contribution in [-0.2, 0) is 22.7 Å². The van der Waals surface area contributed by atoms with E-state index in [1.54, 1.807) is 4.90 Å². The van der Waals surface area contributed by atoms with Crippen molar-refractivity contribution in [3.05, 3.63) is 34.9 Å². The molecule has 148 valence electrons. The highest BCUT2D eigenvalue weighted by Gasteiger charge is 2.45. The molecule has 28 heavy (non-hydrogen) atoms. The SMILES string of the molecule is NC[C@@H]1C[C@H]2CC[C@@H]1N2Cc1ccc2c(c1)CN(C1CCC(=O)NC1=O)C2=O. The van der Waals surface area contributed by atoms with Gasteiger partial charge in [0.25, 0.3) is 5.91 Å². The van der Waals surface area contributed by atoms with Crippen LogP contribution in [0.15, 0.2) is 18.2 Å². The highest BCUT2D eigenvalue weighted by molar-refractivity contribution is 6.05. The Kier molecular flexibility index (Phi) is 4.25. The van der Waals surface area contributed by atoms with Crippen LogP contribution >= 0.6 is 0 Å². The molecule has 0 saturated carbocycles. The Morgan fingerprint density at radius 2 is 2.00 bits per heavy atom. The fourth-order valence-electron chi connectivity index (χ4n) is 5.67. The molecule has 3 saturated heterocycles. The summed E-state index contributed by atoms with van der Waals surface area (Å²) in [6.45, 7) is 2.09. The molecule has 1 unspecified atom stereocenters. The first kappa shape index (κ1) is 17.8. The summed E-state index contributed by atoms with van der Waals surface area (Å²) < 4.78 is 0. The molecule has 0 spiro atoms. The molecule has 1 aromatic carbocycles. The Morgan fingerprint density at radius 1 is 1.14 bits per heavy atom. The molecular formula is C21H26N4O3. The maximum Gasteiger partial charge on any atom is 0.255 e. The fraction of sp³-hybridized carbons (Fsp3) is 0.571. The Labute approximate surface area is 164 Å². The first-order chi connectivity index (χ1) is 13.5. The molecule has 4 aliphatic rings. The van der Waals surface area contributed by atoms with Gasteiger partial charge in [-0.05, 0) is 55.3 Å². The van der Waals surface area contributed by atoms with E-state index in [0.717, 1.165) is 18.7 Å². The lowest BCUT2D eigenvalue weighted by atomic mass is 9.89. The van der Waals surface area contributed by atoms with Crippen LogP contribution in [0.5, 0.6) is 0 Å². The Balaban J connectivity index is 1.32. The van der Waals surface area contributed by atoms with Crippen LogP contribution in [0.2, 0.25) is 0 Å². The first-order valence-corrected chi connectivity index (χ1v) is 10.3. The molecule has 4 heterocycles. The number of nitrogens with zero attached hydrogens (tertiary/aromatic N) is 2. The number of benzene rings is 1. The van der Waals surface area contributed by atoms with Crippen molar-refractivity contribution in [2.75, 3.05) is 6.54 Å². The Hall–Kier alpha value is -2.25. The van der Waals surface area contributed by atoms with Crippen molar-refractivity contribution in [1.29, 1.82) is 0 Å². The van der Waals surface area contributed by atoms with Gasteiger partial charge in [0.15, 0.2) is 0 Å². The maximum atomic E-state index is 12.8. The van der Waals surface area contributed by atoms with Crippen LogP contribution in [0.3, 0.4) is 0 Å². The topological polar surface area (TPSA) is 95.7 Å². The van der Waals surface area contributed by atoms with Gasteiger partial charge in [0.1, 0.15) is 6.04 Å². The van der Waals surface area contributed by atoms with E-state index in [4.69, 9.17) is 5.73 Å². The minimum Gasteiger partial charge on any atom is -0.330 e. The summed E-state index contributed by atoms with van der Waals surface area (Å²) in [4.78, 5) is 40.6. The van der Waals surface area contributed by atoms with Crippen molar-refractivity contribution in [2.24, 2.45) is 11.7 Å². The number of carbonyl (C=O) groups is 3. The standard InChI is InChI=1S/C21H26N4O3/c22-9-13-8-15-2-4-17(13)24(15)10-12-1-3-16-14(7-12)11-25(21(16)28)18-5-6-19(26)23-20(18)27/h1,3,7,13,15,17-18H,2,4-6,8-11,22H2,(H,23,26,27)/t13-,15+,17-,18?/m0/s1. The number of amides is 3. The monoisotopic (exact) mass is 382 g/mol. The van der Waals surface area contributed by atoms with E-state index >= 15 is 0 Å². The molecular weight excluding hydrogens is 356 g/mol. The molecule has 0 aliphatic carbocycles. The molecule has 3 fully saturated rings. The minimum absolute atomic E-state index is 0.111. The number of hydrogen-bond donors (Lipinski definition) is 2. The summed E-state index contributed by atoms with van der Waals surface area (Å²) in [6, 6.07) is 6.73. The van der Waals surface area contributed by atoms with Gasteiger partial charge in [0, 0.05) is 37.2 Å². The van der Waals surface area contributed by atoms with Gasteiger partial charge in [-0.25, -0.2) is 0 Å². The largest absolute Gasteiger partial charge is 0.330 e. The highest BCUT2D eigenvalue weighted by atomic mass is 16.2. The third-order valence-electron chi connectivity index (χ3n) is 7.07. The molecule has 2 bridgehead atoms. The molecule has 1 aromatic rings. The number of imide groups is 1.